The van der Waals surface area contributed by atoms with E-state index in [-0.39, 0.29) is 5.91 Å². The first kappa shape index (κ1) is 29.8. The fourth-order valence-corrected chi connectivity index (χ4v) is 4.50. The highest BCUT2D eigenvalue weighted by Gasteiger charge is 2.32. The number of anilines is 1. The second kappa shape index (κ2) is 14.4. The van der Waals surface area contributed by atoms with Gasteiger partial charge >= 0.3 is 11.9 Å². The minimum Gasteiger partial charge on any atom is -0.490 e. The maximum absolute atomic E-state index is 12.2. The average molecular weight is 538 g/mol. The van der Waals surface area contributed by atoms with Gasteiger partial charge in [0.25, 0.3) is 0 Å². The molecule has 1 amide bonds. The number of carbonyl (C=O) groups excluding carboxylic acids is 1. The van der Waals surface area contributed by atoms with Gasteiger partial charge in [-0.05, 0) is 49.9 Å². The highest BCUT2D eigenvalue weighted by atomic mass is 16.5. The van der Waals surface area contributed by atoms with E-state index in [2.05, 4.69) is 9.80 Å². The van der Waals surface area contributed by atoms with Crippen LogP contribution in [0.1, 0.15) is 32.6 Å². The van der Waals surface area contributed by atoms with Crippen molar-refractivity contribution in [2.75, 3.05) is 57.4 Å². The molecule has 4 rings (SSSR count). The molecule has 3 aliphatic rings. The highest BCUT2D eigenvalue weighted by molar-refractivity contribution is 5.91. The van der Waals surface area contributed by atoms with E-state index in [0.717, 1.165) is 76.3 Å². The number of carboxylic acid groups (broad SMARTS) is 2. The van der Waals surface area contributed by atoms with Gasteiger partial charge < -0.3 is 39.7 Å². The van der Waals surface area contributed by atoms with Crippen LogP contribution in [0.15, 0.2) is 24.3 Å². The molecule has 1 aromatic carbocycles. The molecule has 2 saturated heterocycles. The molecule has 2 unspecified atom stereocenters. The van der Waals surface area contributed by atoms with E-state index in [0.29, 0.717) is 12.6 Å². The predicted molar refractivity (Wildman–Crippen MR) is 137 cm³/mol. The fraction of sp³-hybridized carbons (Fsp3) is 0.654. The van der Waals surface area contributed by atoms with Crippen LogP contribution in [0.3, 0.4) is 0 Å². The second-order valence-electron chi connectivity index (χ2n) is 9.77. The number of ether oxygens (including phenoxy) is 2. The Bertz CT molecular complexity index is 893. The van der Waals surface area contributed by atoms with Crippen LogP contribution in [-0.4, -0.2) is 125 Å². The number of rotatable bonds is 10. The SMILES string of the molecule is CC(=O)N(CCN1CCOCC1)c1ccc(OC2CCN(C3CC3)CC2)cc1.O=C(O)C(O)C(O)C(=O)O. The van der Waals surface area contributed by atoms with Gasteiger partial charge in [0, 0.05) is 57.9 Å². The lowest BCUT2D eigenvalue weighted by Crippen LogP contribution is -2.42. The van der Waals surface area contributed by atoms with E-state index in [1.807, 2.05) is 29.2 Å². The number of benzene rings is 1. The predicted octanol–water partition coefficient (Wildman–Crippen LogP) is 0.255. The summed E-state index contributed by atoms with van der Waals surface area (Å²) in [6, 6.07) is 8.89. The van der Waals surface area contributed by atoms with Crippen LogP contribution in [0, 0.1) is 0 Å². The number of likely N-dealkylation sites (tertiary alicyclic amines) is 1. The van der Waals surface area contributed by atoms with Crippen molar-refractivity contribution < 1.29 is 44.3 Å². The standard InChI is InChI=1S/C22H33N3O3.C4H6O6/c1-18(26)25(13-12-23-14-16-27-17-15-23)20-4-6-21(7-5-20)28-22-8-10-24(11-9-22)19-2-3-19;5-1(3(7)8)2(6)4(9)10/h4-7,19,22H,2-3,8-17H2,1H3;1-2,5-6H,(H,7,8)(H,9,10). The Kier molecular flexibility index (Phi) is 11.3. The van der Waals surface area contributed by atoms with Crippen LogP contribution in [0.5, 0.6) is 5.75 Å². The summed E-state index contributed by atoms with van der Waals surface area (Å²) >= 11 is 0. The van der Waals surface area contributed by atoms with E-state index < -0.39 is 24.1 Å². The summed E-state index contributed by atoms with van der Waals surface area (Å²) in [6.07, 6.45) is 0.756. The van der Waals surface area contributed by atoms with Gasteiger partial charge in [-0.1, -0.05) is 0 Å². The Labute approximate surface area is 222 Å². The first-order valence-electron chi connectivity index (χ1n) is 13.1. The number of hydrogen-bond donors (Lipinski definition) is 4. The van der Waals surface area contributed by atoms with Crippen molar-refractivity contribution >= 4 is 23.5 Å². The molecule has 38 heavy (non-hydrogen) atoms. The van der Waals surface area contributed by atoms with Gasteiger partial charge in [-0.25, -0.2) is 9.59 Å². The topological polar surface area (TPSA) is 160 Å². The number of piperidine rings is 1. The van der Waals surface area contributed by atoms with Crippen molar-refractivity contribution in [2.45, 2.75) is 57.0 Å². The van der Waals surface area contributed by atoms with Gasteiger partial charge in [0.15, 0.2) is 12.2 Å². The number of carboxylic acids is 2. The number of aliphatic hydroxyl groups excluding tert-OH is 2. The lowest BCUT2D eigenvalue weighted by molar-refractivity contribution is -0.165. The molecule has 2 atom stereocenters. The Morgan fingerprint density at radius 2 is 1.50 bits per heavy atom. The van der Waals surface area contributed by atoms with Crippen molar-refractivity contribution in [3.63, 3.8) is 0 Å². The van der Waals surface area contributed by atoms with Gasteiger partial charge in [-0.3, -0.25) is 9.69 Å². The van der Waals surface area contributed by atoms with E-state index in [4.69, 9.17) is 29.9 Å². The molecule has 3 fully saturated rings. The minimum absolute atomic E-state index is 0.0781. The molecule has 4 N–H and O–H groups in total. The maximum Gasteiger partial charge on any atom is 0.335 e. The molecule has 12 nitrogen and oxygen atoms in total. The van der Waals surface area contributed by atoms with Crippen LogP contribution in [0.2, 0.25) is 0 Å². The molecule has 12 heteroatoms. The molecule has 0 spiro atoms. The second-order valence-corrected chi connectivity index (χ2v) is 9.77. The summed E-state index contributed by atoms with van der Waals surface area (Å²) in [7, 11) is 0. The lowest BCUT2D eigenvalue weighted by atomic mass is 10.1. The van der Waals surface area contributed by atoms with Crippen LogP contribution < -0.4 is 9.64 Å². The molecule has 2 aliphatic heterocycles. The van der Waals surface area contributed by atoms with Gasteiger partial charge in [-0.2, -0.15) is 0 Å². The molecule has 0 aromatic heterocycles. The molecule has 0 radical (unpaired) electrons. The molecule has 1 saturated carbocycles. The zero-order valence-corrected chi connectivity index (χ0v) is 21.8. The minimum atomic E-state index is -2.27. The normalized spacial score (nSPS) is 20.5. The van der Waals surface area contributed by atoms with Crippen molar-refractivity contribution in [2.24, 2.45) is 0 Å². The molecular weight excluding hydrogens is 498 g/mol. The van der Waals surface area contributed by atoms with Crippen LogP contribution >= 0.6 is 0 Å². The Balaban J connectivity index is 0.000000342. The van der Waals surface area contributed by atoms with Gasteiger partial charge in [0.05, 0.1) is 13.2 Å². The number of morpholine rings is 1. The van der Waals surface area contributed by atoms with Gasteiger partial charge in [0.2, 0.25) is 5.91 Å². The number of hydrogen-bond acceptors (Lipinski definition) is 9. The Hall–Kier alpha value is -2.77. The Morgan fingerprint density at radius 3 is 1.97 bits per heavy atom. The summed E-state index contributed by atoms with van der Waals surface area (Å²) in [6.45, 7) is 8.99. The molecule has 0 bridgehead atoms. The molecule has 2 heterocycles. The fourth-order valence-electron chi connectivity index (χ4n) is 4.50. The molecular formula is C26H39N3O9. The van der Waals surface area contributed by atoms with Crippen molar-refractivity contribution in [3.8, 4) is 5.75 Å². The summed E-state index contributed by atoms with van der Waals surface area (Å²) in [5.41, 5.74) is 0.941. The Morgan fingerprint density at radius 1 is 0.947 bits per heavy atom. The third-order valence-corrected chi connectivity index (χ3v) is 6.92. The summed E-state index contributed by atoms with van der Waals surface area (Å²) in [5.74, 6) is -2.55. The van der Waals surface area contributed by atoms with E-state index in [1.54, 1.807) is 6.92 Å². The van der Waals surface area contributed by atoms with E-state index >= 15 is 0 Å². The van der Waals surface area contributed by atoms with Gasteiger partial charge in [0.1, 0.15) is 11.9 Å². The number of aliphatic carboxylic acids is 2. The summed E-state index contributed by atoms with van der Waals surface area (Å²) in [5, 5.41) is 32.5. The van der Waals surface area contributed by atoms with Crippen LogP contribution in [-0.2, 0) is 19.1 Å². The number of aliphatic hydroxyl groups is 2. The van der Waals surface area contributed by atoms with Crippen molar-refractivity contribution in [1.82, 2.24) is 9.80 Å². The zero-order valence-electron chi connectivity index (χ0n) is 21.8. The van der Waals surface area contributed by atoms with E-state index in [1.165, 1.54) is 12.8 Å². The summed E-state index contributed by atoms with van der Waals surface area (Å²) < 4.78 is 11.6. The van der Waals surface area contributed by atoms with Gasteiger partial charge in [-0.15, -0.1) is 0 Å². The molecule has 212 valence electrons. The first-order valence-corrected chi connectivity index (χ1v) is 13.1. The molecule has 1 aromatic rings. The molecule has 1 aliphatic carbocycles. The monoisotopic (exact) mass is 537 g/mol. The number of nitrogens with zero attached hydrogens (tertiary/aromatic N) is 3. The third kappa shape index (κ3) is 9.21. The quantitative estimate of drug-likeness (QED) is 0.324. The highest BCUT2D eigenvalue weighted by Crippen LogP contribution is 2.30. The van der Waals surface area contributed by atoms with Crippen LogP contribution in [0.25, 0.3) is 0 Å². The largest absolute Gasteiger partial charge is 0.490 e. The first-order chi connectivity index (χ1) is 18.2. The van der Waals surface area contributed by atoms with E-state index in [9.17, 15) is 14.4 Å². The number of carbonyl (C=O) groups is 3. The smallest absolute Gasteiger partial charge is 0.335 e. The maximum atomic E-state index is 12.2. The lowest BCUT2D eigenvalue weighted by Gasteiger charge is -2.32. The van der Waals surface area contributed by atoms with Crippen molar-refractivity contribution in [1.29, 1.82) is 0 Å². The third-order valence-electron chi connectivity index (χ3n) is 6.92. The zero-order chi connectivity index (χ0) is 27.7. The average Bonchev–Trinajstić information content (AvgIpc) is 3.76. The van der Waals surface area contributed by atoms with Crippen molar-refractivity contribution in [3.05, 3.63) is 24.3 Å². The number of amides is 1. The van der Waals surface area contributed by atoms with Crippen LogP contribution in [0.4, 0.5) is 5.69 Å². The summed E-state index contributed by atoms with van der Waals surface area (Å²) in [4.78, 5) is 38.5.